The molecule has 0 spiro atoms. The molecule has 1 fully saturated rings. The standard InChI is InChI=1S/C18H24FN3O3/c1-2-17-20-18(21-25-17)16-8-5-9-22(16)10-14(23)12-24-11-13-6-3-4-7-15(13)19/h3-4,6-7,14,16,23H,2,5,8-12H2,1H3/t14-,16+/m0/s1. The molecule has 1 N–H and O–H groups in total. The normalized spacial score (nSPS) is 19.4. The van der Waals surface area contributed by atoms with E-state index in [4.69, 9.17) is 9.26 Å². The lowest BCUT2D eigenvalue weighted by Gasteiger charge is -2.24. The number of β-amino-alcohol motifs (C(OH)–C–C–N with tert-alkyl or cyclic N) is 1. The van der Waals surface area contributed by atoms with E-state index >= 15 is 0 Å². The molecule has 2 heterocycles. The van der Waals surface area contributed by atoms with E-state index in [1.807, 2.05) is 6.92 Å². The molecule has 1 aromatic heterocycles. The zero-order valence-electron chi connectivity index (χ0n) is 14.4. The van der Waals surface area contributed by atoms with E-state index in [1.54, 1.807) is 18.2 Å². The van der Waals surface area contributed by atoms with Gasteiger partial charge in [0, 0.05) is 18.5 Å². The summed E-state index contributed by atoms with van der Waals surface area (Å²) in [6.07, 6.45) is 2.05. The average Bonchev–Trinajstić information content (AvgIpc) is 3.25. The van der Waals surface area contributed by atoms with Crippen LogP contribution in [0.3, 0.4) is 0 Å². The van der Waals surface area contributed by atoms with Crippen molar-refractivity contribution in [1.29, 1.82) is 0 Å². The van der Waals surface area contributed by atoms with Gasteiger partial charge in [0.25, 0.3) is 0 Å². The van der Waals surface area contributed by atoms with Gasteiger partial charge in [-0.25, -0.2) is 4.39 Å². The second kappa shape index (κ2) is 8.51. The number of hydrogen-bond acceptors (Lipinski definition) is 6. The number of hydrogen-bond donors (Lipinski definition) is 1. The number of aliphatic hydroxyl groups is 1. The first kappa shape index (κ1) is 18.0. The maximum absolute atomic E-state index is 13.5. The summed E-state index contributed by atoms with van der Waals surface area (Å²) in [7, 11) is 0. The molecule has 3 rings (SSSR count). The lowest BCUT2D eigenvalue weighted by molar-refractivity contribution is 0.00637. The molecule has 0 unspecified atom stereocenters. The van der Waals surface area contributed by atoms with Crippen LogP contribution in [0.15, 0.2) is 28.8 Å². The van der Waals surface area contributed by atoms with Crippen LogP contribution in [0.5, 0.6) is 0 Å². The Balaban J connectivity index is 1.48. The number of aromatic nitrogens is 2. The highest BCUT2D eigenvalue weighted by Gasteiger charge is 2.31. The summed E-state index contributed by atoms with van der Waals surface area (Å²) in [5.41, 5.74) is 0.493. The molecule has 0 bridgehead atoms. The minimum absolute atomic E-state index is 0.0743. The van der Waals surface area contributed by atoms with Crippen LogP contribution in [0.1, 0.15) is 43.1 Å². The number of likely N-dealkylation sites (tertiary alicyclic amines) is 1. The smallest absolute Gasteiger partial charge is 0.226 e. The third kappa shape index (κ3) is 4.62. The molecule has 1 aliphatic heterocycles. The largest absolute Gasteiger partial charge is 0.389 e. The van der Waals surface area contributed by atoms with Gasteiger partial charge in [0.1, 0.15) is 5.82 Å². The first-order chi connectivity index (χ1) is 12.2. The SMILES string of the molecule is CCc1nc([C@H]2CCCN2C[C@H](O)COCc2ccccc2F)no1. The molecule has 136 valence electrons. The Hall–Kier alpha value is -1.83. The van der Waals surface area contributed by atoms with Crippen LogP contribution in [-0.4, -0.2) is 45.9 Å². The molecule has 0 amide bonds. The summed E-state index contributed by atoms with van der Waals surface area (Å²) in [6, 6.07) is 6.57. The third-order valence-electron chi connectivity index (χ3n) is 4.42. The van der Waals surface area contributed by atoms with Gasteiger partial charge in [-0.1, -0.05) is 30.3 Å². The maximum atomic E-state index is 13.5. The maximum Gasteiger partial charge on any atom is 0.226 e. The third-order valence-corrected chi connectivity index (χ3v) is 4.42. The van der Waals surface area contributed by atoms with E-state index in [0.717, 1.165) is 19.4 Å². The van der Waals surface area contributed by atoms with Gasteiger partial charge in [0.2, 0.25) is 5.89 Å². The van der Waals surface area contributed by atoms with Crippen LogP contribution >= 0.6 is 0 Å². The van der Waals surface area contributed by atoms with Crippen LogP contribution < -0.4 is 0 Å². The molecule has 2 aromatic rings. The van der Waals surface area contributed by atoms with Crippen LogP contribution in [0.25, 0.3) is 0 Å². The van der Waals surface area contributed by atoms with E-state index < -0.39 is 6.10 Å². The van der Waals surface area contributed by atoms with Crippen molar-refractivity contribution in [3.8, 4) is 0 Å². The molecular formula is C18H24FN3O3. The Morgan fingerprint density at radius 3 is 3.04 bits per heavy atom. The van der Waals surface area contributed by atoms with Gasteiger partial charge in [-0.05, 0) is 25.5 Å². The Morgan fingerprint density at radius 1 is 1.44 bits per heavy atom. The van der Waals surface area contributed by atoms with Crippen molar-refractivity contribution in [3.05, 3.63) is 47.4 Å². The molecule has 0 aliphatic carbocycles. The Labute approximate surface area is 146 Å². The van der Waals surface area contributed by atoms with E-state index in [9.17, 15) is 9.50 Å². The van der Waals surface area contributed by atoms with Crippen molar-refractivity contribution in [2.45, 2.75) is 44.9 Å². The first-order valence-electron chi connectivity index (χ1n) is 8.73. The lowest BCUT2D eigenvalue weighted by atomic mass is 10.2. The Kier molecular flexibility index (Phi) is 6.12. The van der Waals surface area contributed by atoms with Crippen LogP contribution in [0, 0.1) is 5.82 Å². The van der Waals surface area contributed by atoms with Crippen molar-refractivity contribution in [1.82, 2.24) is 15.0 Å². The Morgan fingerprint density at radius 2 is 2.28 bits per heavy atom. The zero-order valence-corrected chi connectivity index (χ0v) is 14.4. The predicted octanol–water partition coefficient (Wildman–Crippen LogP) is 2.49. The molecular weight excluding hydrogens is 325 g/mol. The van der Waals surface area contributed by atoms with Gasteiger partial charge >= 0.3 is 0 Å². The molecule has 2 atom stereocenters. The molecule has 6 nitrogen and oxygen atoms in total. The predicted molar refractivity (Wildman–Crippen MR) is 89.3 cm³/mol. The monoisotopic (exact) mass is 349 g/mol. The first-order valence-corrected chi connectivity index (χ1v) is 8.73. The second-order valence-corrected chi connectivity index (χ2v) is 6.31. The fourth-order valence-electron chi connectivity index (χ4n) is 3.13. The molecule has 25 heavy (non-hydrogen) atoms. The van der Waals surface area contributed by atoms with Gasteiger partial charge in [-0.3, -0.25) is 4.90 Å². The van der Waals surface area contributed by atoms with Gasteiger partial charge in [-0.15, -0.1) is 0 Å². The van der Waals surface area contributed by atoms with Crippen LogP contribution in [0.4, 0.5) is 4.39 Å². The minimum Gasteiger partial charge on any atom is -0.389 e. The summed E-state index contributed by atoms with van der Waals surface area (Å²) in [6.45, 7) is 3.63. The fraction of sp³-hybridized carbons (Fsp3) is 0.556. The number of aliphatic hydroxyl groups excluding tert-OH is 1. The van der Waals surface area contributed by atoms with Crippen molar-refractivity contribution in [3.63, 3.8) is 0 Å². The highest BCUT2D eigenvalue weighted by molar-refractivity contribution is 5.16. The lowest BCUT2D eigenvalue weighted by Crippen LogP contribution is -2.35. The van der Waals surface area contributed by atoms with Crippen molar-refractivity contribution < 1.29 is 18.8 Å². The molecule has 0 saturated carbocycles. The number of nitrogens with zero attached hydrogens (tertiary/aromatic N) is 3. The number of halogens is 1. The Bertz CT molecular complexity index is 679. The quantitative estimate of drug-likeness (QED) is 0.789. The van der Waals surface area contributed by atoms with E-state index in [1.165, 1.54) is 6.07 Å². The van der Waals surface area contributed by atoms with Crippen molar-refractivity contribution in [2.24, 2.45) is 0 Å². The topological polar surface area (TPSA) is 71.6 Å². The van der Waals surface area contributed by atoms with Crippen LogP contribution in [-0.2, 0) is 17.8 Å². The minimum atomic E-state index is -0.648. The van der Waals surface area contributed by atoms with Crippen LogP contribution in [0.2, 0.25) is 0 Å². The van der Waals surface area contributed by atoms with Gasteiger partial charge < -0.3 is 14.4 Å². The average molecular weight is 349 g/mol. The number of ether oxygens (including phenoxy) is 1. The molecule has 0 radical (unpaired) electrons. The van der Waals surface area contributed by atoms with Gasteiger partial charge in [0.15, 0.2) is 5.82 Å². The highest BCUT2D eigenvalue weighted by atomic mass is 19.1. The summed E-state index contributed by atoms with van der Waals surface area (Å²) in [4.78, 5) is 6.56. The fourth-order valence-corrected chi connectivity index (χ4v) is 3.13. The van der Waals surface area contributed by atoms with Crippen molar-refractivity contribution >= 4 is 0 Å². The van der Waals surface area contributed by atoms with Gasteiger partial charge in [-0.2, -0.15) is 4.98 Å². The summed E-state index contributed by atoms with van der Waals surface area (Å²) < 4.78 is 24.2. The molecule has 1 aromatic carbocycles. The highest BCUT2D eigenvalue weighted by Crippen LogP contribution is 2.30. The summed E-state index contributed by atoms with van der Waals surface area (Å²) in [5, 5.41) is 14.3. The second-order valence-electron chi connectivity index (χ2n) is 6.31. The summed E-state index contributed by atoms with van der Waals surface area (Å²) in [5.74, 6) is 1.03. The van der Waals surface area contributed by atoms with E-state index in [-0.39, 0.29) is 25.1 Å². The van der Waals surface area contributed by atoms with E-state index in [2.05, 4.69) is 15.0 Å². The molecule has 1 aliphatic rings. The van der Waals surface area contributed by atoms with Crippen molar-refractivity contribution in [2.75, 3.05) is 19.7 Å². The van der Waals surface area contributed by atoms with E-state index in [0.29, 0.717) is 30.2 Å². The zero-order chi connectivity index (χ0) is 17.6. The molecule has 7 heteroatoms. The number of benzene rings is 1. The summed E-state index contributed by atoms with van der Waals surface area (Å²) >= 11 is 0. The van der Waals surface area contributed by atoms with Gasteiger partial charge in [0.05, 0.1) is 25.4 Å². The number of rotatable bonds is 8. The molecule has 1 saturated heterocycles. The number of aryl methyl sites for hydroxylation is 1.